The van der Waals surface area contributed by atoms with Gasteiger partial charge in [0.25, 0.3) is 0 Å². The van der Waals surface area contributed by atoms with E-state index in [0.29, 0.717) is 12.6 Å². The van der Waals surface area contributed by atoms with Crippen LogP contribution in [-0.4, -0.2) is 43.0 Å². The number of carbonyl (C=O) groups is 1. The molecular weight excluding hydrogens is 214 g/mol. The molecule has 2 rings (SSSR count). The molecular formula is C13H25N3O. The first kappa shape index (κ1) is 12.8. The first-order chi connectivity index (χ1) is 8.17. The van der Waals surface area contributed by atoms with Crippen LogP contribution in [-0.2, 0) is 4.79 Å². The molecule has 4 nitrogen and oxygen atoms in total. The summed E-state index contributed by atoms with van der Waals surface area (Å²) in [5.74, 6) is 1.52. The minimum atomic E-state index is -0.202. The minimum absolute atomic E-state index is 0.202. The van der Waals surface area contributed by atoms with E-state index >= 15 is 0 Å². The summed E-state index contributed by atoms with van der Waals surface area (Å²) in [5.41, 5.74) is 5.30. The predicted octanol–water partition coefficient (Wildman–Crippen LogP) is 0.572. The minimum Gasteiger partial charge on any atom is -0.369 e. The number of nitrogens with zero attached hydrogens (tertiary/aromatic N) is 1. The van der Waals surface area contributed by atoms with Crippen molar-refractivity contribution in [2.75, 3.05) is 26.2 Å². The Labute approximate surface area is 104 Å². The van der Waals surface area contributed by atoms with Gasteiger partial charge >= 0.3 is 0 Å². The Morgan fingerprint density at radius 1 is 1.35 bits per heavy atom. The van der Waals surface area contributed by atoms with Crippen molar-refractivity contribution in [3.63, 3.8) is 0 Å². The molecule has 0 spiro atoms. The normalized spacial score (nSPS) is 30.4. The Morgan fingerprint density at radius 3 is 2.71 bits per heavy atom. The summed E-state index contributed by atoms with van der Waals surface area (Å²) in [6, 6.07) is 0.539. The highest BCUT2D eigenvalue weighted by Crippen LogP contribution is 2.37. The number of piperidine rings is 1. The Morgan fingerprint density at radius 2 is 2.12 bits per heavy atom. The van der Waals surface area contributed by atoms with E-state index in [1.54, 1.807) is 0 Å². The molecule has 0 aromatic heterocycles. The standard InChI is InChI=1S/C13H25N3O/c1-2-15-12-6-11(5-10-3-4-10)7-16(8-12)9-13(14)17/h10-12,15H,2-9H2,1H3,(H2,14,17). The zero-order chi connectivity index (χ0) is 12.3. The van der Waals surface area contributed by atoms with E-state index in [4.69, 9.17) is 5.73 Å². The number of rotatable bonds is 6. The number of primary amides is 1. The summed E-state index contributed by atoms with van der Waals surface area (Å²) in [5, 5.41) is 3.52. The van der Waals surface area contributed by atoms with Gasteiger partial charge in [-0.25, -0.2) is 0 Å². The molecule has 3 N–H and O–H groups in total. The molecule has 0 bridgehead atoms. The highest BCUT2D eigenvalue weighted by atomic mass is 16.1. The van der Waals surface area contributed by atoms with Crippen LogP contribution in [0.3, 0.4) is 0 Å². The maximum absolute atomic E-state index is 11.0. The van der Waals surface area contributed by atoms with Crippen molar-refractivity contribution >= 4 is 5.91 Å². The third kappa shape index (κ3) is 4.28. The lowest BCUT2D eigenvalue weighted by Gasteiger charge is -2.37. The fourth-order valence-corrected chi connectivity index (χ4v) is 3.08. The van der Waals surface area contributed by atoms with Crippen molar-refractivity contribution < 1.29 is 4.79 Å². The second-order valence-corrected chi connectivity index (χ2v) is 5.70. The SMILES string of the molecule is CCNC1CC(CC2CC2)CN(CC(N)=O)C1. The second kappa shape index (κ2) is 5.83. The molecule has 17 heavy (non-hydrogen) atoms. The van der Waals surface area contributed by atoms with Gasteiger partial charge in [-0.2, -0.15) is 0 Å². The lowest BCUT2D eigenvalue weighted by Crippen LogP contribution is -2.51. The van der Waals surface area contributed by atoms with E-state index in [2.05, 4.69) is 17.1 Å². The number of nitrogens with one attached hydrogen (secondary N) is 1. The number of nitrogens with two attached hydrogens (primary N) is 1. The van der Waals surface area contributed by atoms with E-state index in [1.807, 2.05) is 0 Å². The largest absolute Gasteiger partial charge is 0.369 e. The van der Waals surface area contributed by atoms with Crippen LogP contribution < -0.4 is 11.1 Å². The quantitative estimate of drug-likeness (QED) is 0.712. The molecule has 0 radical (unpaired) electrons. The molecule has 0 aromatic carbocycles. The fourth-order valence-electron chi connectivity index (χ4n) is 3.08. The van der Waals surface area contributed by atoms with Crippen molar-refractivity contribution in [1.82, 2.24) is 10.2 Å². The average molecular weight is 239 g/mol. The first-order valence-electron chi connectivity index (χ1n) is 6.91. The molecule has 2 unspecified atom stereocenters. The lowest BCUT2D eigenvalue weighted by atomic mass is 9.89. The van der Waals surface area contributed by atoms with Crippen molar-refractivity contribution in [2.45, 2.75) is 38.6 Å². The number of likely N-dealkylation sites (tertiary alicyclic amines) is 1. The van der Waals surface area contributed by atoms with Crippen molar-refractivity contribution in [1.29, 1.82) is 0 Å². The van der Waals surface area contributed by atoms with Gasteiger partial charge in [-0.15, -0.1) is 0 Å². The van der Waals surface area contributed by atoms with E-state index in [1.165, 1.54) is 25.7 Å². The van der Waals surface area contributed by atoms with E-state index in [9.17, 15) is 4.79 Å². The van der Waals surface area contributed by atoms with Crippen LogP contribution in [0.2, 0.25) is 0 Å². The Balaban J connectivity index is 1.85. The topological polar surface area (TPSA) is 58.4 Å². The summed E-state index contributed by atoms with van der Waals surface area (Å²) in [6.07, 6.45) is 5.44. The van der Waals surface area contributed by atoms with Gasteiger partial charge in [-0.1, -0.05) is 19.8 Å². The molecule has 2 atom stereocenters. The van der Waals surface area contributed by atoms with Gasteiger partial charge in [0.1, 0.15) is 0 Å². The summed E-state index contributed by atoms with van der Waals surface area (Å²) in [6.45, 7) is 5.59. The molecule has 2 aliphatic rings. The Bertz CT molecular complexity index is 265. The van der Waals surface area contributed by atoms with Gasteiger partial charge in [-0.05, 0) is 31.2 Å². The highest BCUT2D eigenvalue weighted by molar-refractivity contribution is 5.75. The first-order valence-corrected chi connectivity index (χ1v) is 6.91. The van der Waals surface area contributed by atoms with Crippen molar-refractivity contribution in [2.24, 2.45) is 17.6 Å². The highest BCUT2D eigenvalue weighted by Gasteiger charge is 2.32. The third-order valence-corrected chi connectivity index (χ3v) is 3.85. The smallest absolute Gasteiger partial charge is 0.231 e. The third-order valence-electron chi connectivity index (χ3n) is 3.85. The molecule has 1 aliphatic heterocycles. The van der Waals surface area contributed by atoms with Gasteiger partial charge in [-0.3, -0.25) is 9.69 Å². The molecule has 4 heteroatoms. The molecule has 1 aliphatic carbocycles. The van der Waals surface area contributed by atoms with Gasteiger partial charge < -0.3 is 11.1 Å². The summed E-state index contributed by atoms with van der Waals surface area (Å²) >= 11 is 0. The van der Waals surface area contributed by atoms with Crippen molar-refractivity contribution in [3.05, 3.63) is 0 Å². The number of amides is 1. The van der Waals surface area contributed by atoms with Gasteiger partial charge in [0.2, 0.25) is 5.91 Å². The van der Waals surface area contributed by atoms with E-state index in [-0.39, 0.29) is 5.91 Å². The van der Waals surface area contributed by atoms with Crippen LogP contribution in [0.1, 0.15) is 32.6 Å². The number of hydrogen-bond donors (Lipinski definition) is 2. The van der Waals surface area contributed by atoms with Gasteiger partial charge in [0, 0.05) is 19.1 Å². The molecule has 1 heterocycles. The van der Waals surface area contributed by atoms with Gasteiger partial charge in [0.05, 0.1) is 6.54 Å². The average Bonchev–Trinajstić information content (AvgIpc) is 3.00. The number of carbonyl (C=O) groups excluding carboxylic acids is 1. The van der Waals surface area contributed by atoms with Crippen molar-refractivity contribution in [3.8, 4) is 0 Å². The fraction of sp³-hybridized carbons (Fsp3) is 0.923. The Kier molecular flexibility index (Phi) is 4.40. The van der Waals surface area contributed by atoms with E-state index in [0.717, 1.165) is 31.5 Å². The summed E-state index contributed by atoms with van der Waals surface area (Å²) in [4.78, 5) is 13.3. The molecule has 1 saturated heterocycles. The van der Waals surface area contributed by atoms with Gasteiger partial charge in [0.15, 0.2) is 0 Å². The van der Waals surface area contributed by atoms with Crippen LogP contribution >= 0.6 is 0 Å². The van der Waals surface area contributed by atoms with Crippen LogP contribution in [0.25, 0.3) is 0 Å². The second-order valence-electron chi connectivity index (χ2n) is 5.70. The Hall–Kier alpha value is -0.610. The lowest BCUT2D eigenvalue weighted by molar-refractivity contribution is -0.119. The number of likely N-dealkylation sites (N-methyl/N-ethyl adjacent to an activating group) is 1. The summed E-state index contributed by atoms with van der Waals surface area (Å²) < 4.78 is 0. The zero-order valence-electron chi connectivity index (χ0n) is 10.8. The molecule has 0 aromatic rings. The van der Waals surface area contributed by atoms with E-state index < -0.39 is 0 Å². The van der Waals surface area contributed by atoms with Crippen LogP contribution in [0, 0.1) is 11.8 Å². The molecule has 1 saturated carbocycles. The predicted molar refractivity (Wildman–Crippen MR) is 68.5 cm³/mol. The maximum atomic E-state index is 11.0. The maximum Gasteiger partial charge on any atom is 0.231 e. The number of hydrogen-bond acceptors (Lipinski definition) is 3. The van der Waals surface area contributed by atoms with Crippen LogP contribution in [0.5, 0.6) is 0 Å². The molecule has 2 fully saturated rings. The molecule has 1 amide bonds. The van der Waals surface area contributed by atoms with Crippen LogP contribution in [0.15, 0.2) is 0 Å². The monoisotopic (exact) mass is 239 g/mol. The zero-order valence-corrected chi connectivity index (χ0v) is 10.8. The van der Waals surface area contributed by atoms with Crippen LogP contribution in [0.4, 0.5) is 0 Å². The summed E-state index contributed by atoms with van der Waals surface area (Å²) in [7, 11) is 0. The molecule has 98 valence electrons.